The molecule has 0 saturated carbocycles. The Morgan fingerprint density at radius 3 is 2.17 bits per heavy atom. The quantitative estimate of drug-likeness (QED) is 0.645. The van der Waals surface area contributed by atoms with Crippen molar-refractivity contribution in [3.8, 4) is 0 Å². The van der Waals surface area contributed by atoms with Crippen molar-refractivity contribution < 1.29 is 19.5 Å². The number of hydrogen-bond acceptors (Lipinski definition) is 3. The van der Waals surface area contributed by atoms with Crippen molar-refractivity contribution in [2.45, 2.75) is 12.8 Å². The van der Waals surface area contributed by atoms with E-state index < -0.39 is 5.97 Å². The number of aliphatic carboxylic acids is 1. The van der Waals surface area contributed by atoms with E-state index in [2.05, 4.69) is 0 Å². The molecule has 0 aliphatic carbocycles. The van der Waals surface area contributed by atoms with Gasteiger partial charge < -0.3 is 5.11 Å². The maximum Gasteiger partial charge on any atom is 0.328 e. The molecule has 0 aromatic heterocycles. The monoisotopic (exact) mass is 245 g/mol. The summed E-state index contributed by atoms with van der Waals surface area (Å²) in [7, 11) is 0. The Bertz CT molecular complexity index is 514. The van der Waals surface area contributed by atoms with Crippen LogP contribution in [0.2, 0.25) is 0 Å². The van der Waals surface area contributed by atoms with Crippen LogP contribution >= 0.6 is 0 Å². The van der Waals surface area contributed by atoms with Gasteiger partial charge >= 0.3 is 5.97 Å². The molecule has 0 atom stereocenters. The molecule has 1 fully saturated rings. The average Bonchev–Trinajstić information content (AvgIpc) is 2.67. The fourth-order valence-electron chi connectivity index (χ4n) is 1.77. The lowest BCUT2D eigenvalue weighted by molar-refractivity contribution is -0.131. The van der Waals surface area contributed by atoms with Crippen molar-refractivity contribution in [2.24, 2.45) is 0 Å². The third-order valence-corrected chi connectivity index (χ3v) is 2.62. The van der Waals surface area contributed by atoms with Crippen molar-refractivity contribution in [3.63, 3.8) is 0 Å². The highest BCUT2D eigenvalue weighted by Gasteiger charge is 2.29. The Kier molecular flexibility index (Phi) is 3.23. The van der Waals surface area contributed by atoms with Crippen LogP contribution in [0.3, 0.4) is 0 Å². The number of anilines is 1. The maximum absolute atomic E-state index is 11.5. The number of carboxylic acids is 1. The Hall–Kier alpha value is -2.43. The lowest BCUT2D eigenvalue weighted by Crippen LogP contribution is -2.28. The van der Waals surface area contributed by atoms with Gasteiger partial charge in [-0.25, -0.2) is 4.79 Å². The second-order valence-corrected chi connectivity index (χ2v) is 3.89. The van der Waals surface area contributed by atoms with Crippen LogP contribution in [0.4, 0.5) is 5.69 Å². The minimum Gasteiger partial charge on any atom is -0.478 e. The predicted molar refractivity (Wildman–Crippen MR) is 64.8 cm³/mol. The Morgan fingerprint density at radius 2 is 1.67 bits per heavy atom. The molecule has 0 spiro atoms. The second kappa shape index (κ2) is 4.83. The molecule has 1 aliphatic heterocycles. The Morgan fingerprint density at radius 1 is 1.11 bits per heavy atom. The minimum absolute atomic E-state index is 0.200. The number of carbonyl (C=O) groups excluding carboxylic acids is 2. The third kappa shape index (κ3) is 2.45. The third-order valence-electron chi connectivity index (χ3n) is 2.62. The number of imide groups is 1. The summed E-state index contributed by atoms with van der Waals surface area (Å²) >= 11 is 0. The van der Waals surface area contributed by atoms with Crippen LogP contribution in [0.15, 0.2) is 30.3 Å². The van der Waals surface area contributed by atoms with E-state index in [1.165, 1.54) is 6.08 Å². The molecule has 1 aromatic carbocycles. The number of benzene rings is 1. The molecule has 5 heteroatoms. The summed E-state index contributed by atoms with van der Waals surface area (Å²) in [6, 6.07) is 6.58. The van der Waals surface area contributed by atoms with E-state index in [0.717, 1.165) is 11.0 Å². The number of amides is 2. The largest absolute Gasteiger partial charge is 0.478 e. The van der Waals surface area contributed by atoms with Gasteiger partial charge in [0.15, 0.2) is 0 Å². The summed E-state index contributed by atoms with van der Waals surface area (Å²) < 4.78 is 0. The number of rotatable bonds is 3. The first kappa shape index (κ1) is 12.0. The molecule has 92 valence electrons. The first-order chi connectivity index (χ1) is 8.58. The summed E-state index contributed by atoms with van der Waals surface area (Å²) in [5.74, 6) is -1.42. The maximum atomic E-state index is 11.5. The van der Waals surface area contributed by atoms with Gasteiger partial charge in [0.25, 0.3) is 0 Å². The fraction of sp³-hybridized carbons (Fsp3) is 0.154. The van der Waals surface area contributed by atoms with Gasteiger partial charge in [0.2, 0.25) is 11.8 Å². The molecule has 0 unspecified atom stereocenters. The highest BCUT2D eigenvalue weighted by Crippen LogP contribution is 2.22. The molecule has 0 radical (unpaired) electrons. The summed E-state index contributed by atoms with van der Waals surface area (Å²) in [5, 5.41) is 8.49. The second-order valence-electron chi connectivity index (χ2n) is 3.89. The first-order valence-corrected chi connectivity index (χ1v) is 5.45. The van der Waals surface area contributed by atoms with E-state index in [9.17, 15) is 14.4 Å². The molecular weight excluding hydrogens is 234 g/mol. The van der Waals surface area contributed by atoms with Crippen molar-refractivity contribution in [2.75, 3.05) is 4.90 Å². The number of carbonyl (C=O) groups is 3. The van der Waals surface area contributed by atoms with E-state index in [0.29, 0.717) is 11.3 Å². The van der Waals surface area contributed by atoms with Gasteiger partial charge in [-0.05, 0) is 23.8 Å². The molecular formula is C13H11NO4. The van der Waals surface area contributed by atoms with E-state index in [-0.39, 0.29) is 24.7 Å². The van der Waals surface area contributed by atoms with Crippen LogP contribution < -0.4 is 4.90 Å². The molecule has 1 N–H and O–H groups in total. The smallest absolute Gasteiger partial charge is 0.328 e. The molecule has 1 aromatic rings. The van der Waals surface area contributed by atoms with E-state index >= 15 is 0 Å². The van der Waals surface area contributed by atoms with Crippen LogP contribution in [0.25, 0.3) is 6.08 Å². The standard InChI is InChI=1S/C13H11NO4/c15-11-6-7-12(16)14(11)10-4-1-9(2-5-10)3-8-13(17)18/h1-5,8H,6-7H2,(H,17,18). The van der Waals surface area contributed by atoms with E-state index in [1.807, 2.05) is 0 Å². The predicted octanol–water partition coefficient (Wildman–Crippen LogP) is 1.44. The number of carboxylic acid groups (broad SMARTS) is 1. The average molecular weight is 245 g/mol. The van der Waals surface area contributed by atoms with Crippen LogP contribution in [-0.2, 0) is 14.4 Å². The summed E-state index contributed by atoms with van der Waals surface area (Å²) in [6.07, 6.45) is 2.97. The normalized spacial score (nSPS) is 15.7. The van der Waals surface area contributed by atoms with Gasteiger partial charge in [-0.1, -0.05) is 12.1 Å². The van der Waals surface area contributed by atoms with Crippen LogP contribution in [-0.4, -0.2) is 22.9 Å². The first-order valence-electron chi connectivity index (χ1n) is 5.45. The lowest BCUT2D eigenvalue weighted by atomic mass is 10.2. The molecule has 18 heavy (non-hydrogen) atoms. The van der Waals surface area contributed by atoms with Crippen LogP contribution in [0.5, 0.6) is 0 Å². The van der Waals surface area contributed by atoms with Gasteiger partial charge in [0.1, 0.15) is 0 Å². The molecule has 5 nitrogen and oxygen atoms in total. The van der Waals surface area contributed by atoms with Gasteiger partial charge in [-0.3, -0.25) is 14.5 Å². The topological polar surface area (TPSA) is 74.7 Å². The van der Waals surface area contributed by atoms with Crippen molar-refractivity contribution >= 4 is 29.5 Å². The van der Waals surface area contributed by atoms with Crippen molar-refractivity contribution in [1.82, 2.24) is 0 Å². The summed E-state index contributed by atoms with van der Waals surface area (Å²) in [4.78, 5) is 34.5. The molecule has 2 amide bonds. The Labute approximate surface area is 103 Å². The highest BCUT2D eigenvalue weighted by molar-refractivity contribution is 6.19. The highest BCUT2D eigenvalue weighted by atomic mass is 16.4. The lowest BCUT2D eigenvalue weighted by Gasteiger charge is -2.13. The van der Waals surface area contributed by atoms with Crippen LogP contribution in [0.1, 0.15) is 18.4 Å². The van der Waals surface area contributed by atoms with Gasteiger partial charge in [0.05, 0.1) is 5.69 Å². The van der Waals surface area contributed by atoms with Gasteiger partial charge in [0, 0.05) is 18.9 Å². The SMILES string of the molecule is O=C(O)C=Cc1ccc(N2C(=O)CCC2=O)cc1. The summed E-state index contributed by atoms with van der Waals surface area (Å²) in [5.41, 5.74) is 1.22. The van der Waals surface area contributed by atoms with E-state index in [4.69, 9.17) is 5.11 Å². The van der Waals surface area contributed by atoms with E-state index in [1.54, 1.807) is 24.3 Å². The number of nitrogens with zero attached hydrogens (tertiary/aromatic N) is 1. The van der Waals surface area contributed by atoms with Gasteiger partial charge in [-0.2, -0.15) is 0 Å². The zero-order valence-electron chi connectivity index (χ0n) is 9.50. The zero-order valence-corrected chi connectivity index (χ0v) is 9.50. The van der Waals surface area contributed by atoms with Gasteiger partial charge in [-0.15, -0.1) is 0 Å². The molecule has 0 bridgehead atoms. The molecule has 2 rings (SSSR count). The van der Waals surface area contributed by atoms with Crippen LogP contribution in [0, 0.1) is 0 Å². The fourth-order valence-corrected chi connectivity index (χ4v) is 1.77. The van der Waals surface area contributed by atoms with Crippen molar-refractivity contribution in [1.29, 1.82) is 0 Å². The minimum atomic E-state index is -1.02. The molecule has 1 aliphatic rings. The molecule has 1 saturated heterocycles. The summed E-state index contributed by atoms with van der Waals surface area (Å²) in [6.45, 7) is 0. The van der Waals surface area contributed by atoms with Crippen molar-refractivity contribution in [3.05, 3.63) is 35.9 Å². The zero-order chi connectivity index (χ0) is 13.1. The molecule has 1 heterocycles. The Balaban J connectivity index is 2.20. The number of hydrogen-bond donors (Lipinski definition) is 1.